The van der Waals surface area contributed by atoms with Crippen LogP contribution in [0, 0.1) is 0 Å². The van der Waals surface area contributed by atoms with E-state index in [1.54, 1.807) is 0 Å². The summed E-state index contributed by atoms with van der Waals surface area (Å²) >= 11 is 0. The van der Waals surface area contributed by atoms with Crippen LogP contribution in [0.25, 0.3) is 33.5 Å². The van der Waals surface area contributed by atoms with Crippen molar-refractivity contribution in [1.29, 1.82) is 0 Å². The summed E-state index contributed by atoms with van der Waals surface area (Å²) in [5.41, 5.74) is 13.0. The lowest BCUT2D eigenvalue weighted by molar-refractivity contribution is -0.139. The van der Waals surface area contributed by atoms with Gasteiger partial charge in [-0.05, 0) is 123 Å². The zero-order valence-electron chi connectivity index (χ0n) is 38.2. The van der Waals surface area contributed by atoms with E-state index in [2.05, 4.69) is 130 Å². The fourth-order valence-electron chi connectivity index (χ4n) is 10.9. The Bertz CT molecular complexity index is 2500. The topological polar surface area (TPSA) is 91.6 Å². The molecule has 0 saturated carbocycles. The van der Waals surface area contributed by atoms with Gasteiger partial charge in [-0.15, -0.1) is 0 Å². The molecule has 332 valence electrons. The van der Waals surface area contributed by atoms with Gasteiger partial charge in [0.15, 0.2) is 0 Å². The molecule has 64 heavy (non-hydrogen) atoms. The number of aryl methyl sites for hydroxylation is 2. The zero-order chi connectivity index (χ0) is 44.2. The highest BCUT2D eigenvalue weighted by atomic mass is 16.2. The average Bonchev–Trinajstić information content (AvgIpc) is 4.18. The van der Waals surface area contributed by atoms with E-state index in [4.69, 9.17) is 4.98 Å². The minimum absolute atomic E-state index is 0.0406. The number of carbonyl (C=O) groups excluding carboxylic acids is 2. The molecule has 2 saturated heterocycles. The highest BCUT2D eigenvalue weighted by Crippen LogP contribution is 2.41. The number of H-pyrrole nitrogens is 2. The van der Waals surface area contributed by atoms with Crippen LogP contribution >= 0.6 is 0 Å². The van der Waals surface area contributed by atoms with Gasteiger partial charge in [-0.1, -0.05) is 131 Å². The highest BCUT2D eigenvalue weighted by Gasteiger charge is 2.39. The van der Waals surface area contributed by atoms with Crippen molar-refractivity contribution in [1.82, 2.24) is 34.6 Å². The number of hydrogen-bond donors (Lipinski definition) is 2. The molecule has 3 aliphatic rings. The molecule has 6 aromatic rings. The SMILES string of the molecule is CCN(CC)[C@@H](C(=O)N1CCC[C@H]1c1cc2c([nH]1)CCCCc1cc(-c3ccc(-c4cnc([C@@H]5CCCN5C(=O)[C@@H](c5ccccc5)N(CC)CC)[nH]4)cc3)ccc1-2)c1ccccc1. The summed E-state index contributed by atoms with van der Waals surface area (Å²) in [6.07, 6.45) is 10.1. The Hall–Kier alpha value is -5.77. The Kier molecular flexibility index (Phi) is 13.3. The molecule has 2 fully saturated rings. The van der Waals surface area contributed by atoms with E-state index in [-0.39, 0.29) is 36.0 Å². The van der Waals surface area contributed by atoms with Gasteiger partial charge >= 0.3 is 0 Å². The fraction of sp³-hybridized carbons (Fsp3) is 0.400. The normalized spacial score (nSPS) is 18.5. The highest BCUT2D eigenvalue weighted by molar-refractivity contribution is 5.85. The van der Waals surface area contributed by atoms with Gasteiger partial charge in [-0.2, -0.15) is 0 Å². The standard InChI is InChI=1S/C55H65N7O2/c1-5-59(6-2)51(40-19-11-9-12-20-40)54(63)61-33-17-25-49(61)47-36-45-44-32-31-42(35-43(44)23-15-16-24-46(45)57-47)38-27-29-39(30-28-38)48-37-56-53(58-48)50-26-18-34-62(50)55(64)52(60(7-3)8-4)41-21-13-10-14-22-41/h9-14,19-22,27-32,35-37,49-52,57H,5-8,15-18,23-26,33-34H2,1-4H3,(H,56,58)/t49-,50-,51+,52+/m0/s1. The van der Waals surface area contributed by atoms with E-state index >= 15 is 0 Å². The third-order valence-electron chi connectivity index (χ3n) is 14.4. The summed E-state index contributed by atoms with van der Waals surface area (Å²) in [5.74, 6) is 1.22. The summed E-state index contributed by atoms with van der Waals surface area (Å²) in [5, 5.41) is 0. The van der Waals surface area contributed by atoms with Gasteiger partial charge in [-0.3, -0.25) is 19.4 Å². The van der Waals surface area contributed by atoms with Gasteiger partial charge in [0.2, 0.25) is 11.8 Å². The largest absolute Gasteiger partial charge is 0.360 e. The van der Waals surface area contributed by atoms with Gasteiger partial charge in [0.1, 0.15) is 17.9 Å². The quantitative estimate of drug-likeness (QED) is 0.114. The predicted molar refractivity (Wildman–Crippen MR) is 257 cm³/mol. The van der Waals surface area contributed by atoms with E-state index in [1.807, 2.05) is 42.6 Å². The van der Waals surface area contributed by atoms with Crippen LogP contribution < -0.4 is 0 Å². The lowest BCUT2D eigenvalue weighted by Gasteiger charge is -2.34. The Morgan fingerprint density at radius 2 is 1.16 bits per heavy atom. The summed E-state index contributed by atoms with van der Waals surface area (Å²) in [6.45, 7) is 13.3. The molecule has 0 bridgehead atoms. The van der Waals surface area contributed by atoms with Crippen molar-refractivity contribution >= 4 is 11.8 Å². The van der Waals surface area contributed by atoms with Crippen molar-refractivity contribution in [3.8, 4) is 33.5 Å². The number of nitrogens with one attached hydrogen (secondary N) is 2. The van der Waals surface area contributed by atoms with Crippen LogP contribution in [0.2, 0.25) is 0 Å². The lowest BCUT2D eigenvalue weighted by atomic mass is 9.89. The molecule has 0 unspecified atom stereocenters. The molecule has 2 aromatic heterocycles. The van der Waals surface area contributed by atoms with Crippen molar-refractivity contribution in [3.63, 3.8) is 0 Å². The average molecular weight is 856 g/mol. The summed E-state index contributed by atoms with van der Waals surface area (Å²) < 4.78 is 0. The van der Waals surface area contributed by atoms with E-state index in [0.717, 1.165) is 119 Å². The van der Waals surface area contributed by atoms with Crippen LogP contribution in [0.5, 0.6) is 0 Å². The molecule has 0 spiro atoms. The second-order valence-electron chi connectivity index (χ2n) is 17.9. The van der Waals surface area contributed by atoms with Crippen molar-refractivity contribution in [2.24, 2.45) is 0 Å². The number of amides is 2. The second kappa shape index (κ2) is 19.5. The van der Waals surface area contributed by atoms with E-state index in [0.29, 0.717) is 0 Å². The predicted octanol–water partition coefficient (Wildman–Crippen LogP) is 11.1. The van der Waals surface area contributed by atoms with Crippen LogP contribution in [-0.2, 0) is 22.4 Å². The maximum Gasteiger partial charge on any atom is 0.245 e. The number of benzene rings is 4. The van der Waals surface area contributed by atoms with Gasteiger partial charge in [0.25, 0.3) is 0 Å². The Balaban J connectivity index is 0.927. The van der Waals surface area contributed by atoms with Crippen LogP contribution in [-0.4, -0.2) is 85.6 Å². The molecule has 4 atom stereocenters. The van der Waals surface area contributed by atoms with Crippen molar-refractivity contribution < 1.29 is 9.59 Å². The Labute approximate surface area is 379 Å². The number of imidazole rings is 1. The van der Waals surface area contributed by atoms with E-state index in [9.17, 15) is 9.59 Å². The molecule has 1 aliphatic carbocycles. The first kappa shape index (κ1) is 43.5. The monoisotopic (exact) mass is 856 g/mol. The molecule has 2 amide bonds. The first-order valence-electron chi connectivity index (χ1n) is 24.1. The third kappa shape index (κ3) is 8.60. The number of aromatic amines is 2. The number of aromatic nitrogens is 3. The van der Waals surface area contributed by atoms with Gasteiger partial charge in [0.05, 0.1) is 24.0 Å². The maximum absolute atomic E-state index is 14.6. The second-order valence-corrected chi connectivity index (χ2v) is 17.9. The van der Waals surface area contributed by atoms with Crippen molar-refractivity contribution in [2.75, 3.05) is 39.3 Å². The molecule has 9 rings (SSSR count). The Morgan fingerprint density at radius 1 is 0.609 bits per heavy atom. The summed E-state index contributed by atoms with van der Waals surface area (Å²) in [4.78, 5) is 50.0. The molecular weight excluding hydrogens is 791 g/mol. The smallest absolute Gasteiger partial charge is 0.245 e. The number of rotatable bonds is 14. The van der Waals surface area contributed by atoms with Gasteiger partial charge in [-0.25, -0.2) is 4.98 Å². The zero-order valence-corrected chi connectivity index (χ0v) is 38.2. The molecule has 4 heterocycles. The third-order valence-corrected chi connectivity index (χ3v) is 14.4. The molecular formula is C55H65N7O2. The molecule has 2 aliphatic heterocycles. The van der Waals surface area contributed by atoms with Crippen molar-refractivity contribution in [3.05, 3.63) is 149 Å². The van der Waals surface area contributed by atoms with Crippen LogP contribution in [0.15, 0.2) is 115 Å². The number of likely N-dealkylation sites (tertiary alicyclic amines) is 2. The summed E-state index contributed by atoms with van der Waals surface area (Å²) in [6, 6.07) is 38.1. The molecule has 2 N–H and O–H groups in total. The number of hydrogen-bond acceptors (Lipinski definition) is 5. The molecule has 4 aromatic carbocycles. The molecule has 0 radical (unpaired) electrons. The van der Waals surface area contributed by atoms with Gasteiger partial charge < -0.3 is 19.8 Å². The van der Waals surface area contributed by atoms with Gasteiger partial charge in [0, 0.05) is 30.0 Å². The minimum atomic E-state index is -0.310. The maximum atomic E-state index is 14.6. The van der Waals surface area contributed by atoms with Crippen LogP contribution in [0.4, 0.5) is 0 Å². The fourth-order valence-corrected chi connectivity index (χ4v) is 10.9. The summed E-state index contributed by atoms with van der Waals surface area (Å²) in [7, 11) is 0. The first-order chi connectivity index (χ1) is 31.4. The van der Waals surface area contributed by atoms with E-state index in [1.165, 1.54) is 39.2 Å². The number of fused-ring (bicyclic) bond motifs is 3. The number of likely N-dealkylation sites (N-methyl/N-ethyl adjacent to an activating group) is 2. The lowest BCUT2D eigenvalue weighted by Crippen LogP contribution is -2.43. The molecule has 9 nitrogen and oxygen atoms in total. The Morgan fingerprint density at radius 3 is 1.77 bits per heavy atom. The number of nitrogens with zero attached hydrogens (tertiary/aromatic N) is 5. The minimum Gasteiger partial charge on any atom is -0.360 e. The first-order valence-corrected chi connectivity index (χ1v) is 24.1. The molecule has 9 heteroatoms. The van der Waals surface area contributed by atoms with E-state index < -0.39 is 0 Å². The number of carbonyl (C=O) groups is 2. The van der Waals surface area contributed by atoms with Crippen LogP contribution in [0.1, 0.15) is 124 Å². The van der Waals surface area contributed by atoms with Crippen LogP contribution in [0.3, 0.4) is 0 Å². The van der Waals surface area contributed by atoms with Crippen molar-refractivity contribution in [2.45, 2.75) is 103 Å².